The molecule has 0 bridgehead atoms. The lowest BCUT2D eigenvalue weighted by Gasteiger charge is -2.12. The van der Waals surface area contributed by atoms with Crippen molar-refractivity contribution in [1.29, 1.82) is 0 Å². The first-order valence-corrected chi connectivity index (χ1v) is 9.10. The van der Waals surface area contributed by atoms with Crippen molar-refractivity contribution in [3.8, 4) is 0 Å². The number of hydrogen-bond donors (Lipinski definition) is 1. The van der Waals surface area contributed by atoms with E-state index in [1.165, 1.54) is 28.8 Å². The third kappa shape index (κ3) is 4.35. The Morgan fingerprint density at radius 3 is 2.67 bits per heavy atom. The number of aliphatic imine (C=N–C) groups is 1. The molecule has 0 spiro atoms. The summed E-state index contributed by atoms with van der Waals surface area (Å²) in [6, 6.07) is 14.2. The van der Waals surface area contributed by atoms with E-state index in [1.54, 1.807) is 18.2 Å². The van der Waals surface area contributed by atoms with E-state index in [9.17, 15) is 9.59 Å². The molecule has 1 N–H and O–H groups in total. The Kier molecular flexibility index (Phi) is 5.57. The zero-order chi connectivity index (χ0) is 19.4. The number of carboxylic acids is 1. The number of aryl methyl sites for hydroxylation is 1. The minimum Gasteiger partial charge on any atom is -0.478 e. The van der Waals surface area contributed by atoms with Crippen molar-refractivity contribution >= 4 is 40.6 Å². The first-order chi connectivity index (χ1) is 13.0. The second-order valence-corrected chi connectivity index (χ2v) is 6.98. The zero-order valence-corrected chi connectivity index (χ0v) is 15.6. The highest BCUT2D eigenvalue weighted by Crippen LogP contribution is 2.34. The molecule has 2 aromatic rings. The second kappa shape index (κ2) is 8.05. The Labute approximate surface area is 161 Å². The van der Waals surface area contributed by atoms with Crippen LogP contribution in [0.1, 0.15) is 21.5 Å². The number of aromatic carboxylic acids is 1. The minimum absolute atomic E-state index is 0.145. The van der Waals surface area contributed by atoms with Gasteiger partial charge < -0.3 is 5.11 Å². The first-order valence-electron chi connectivity index (χ1n) is 8.29. The van der Waals surface area contributed by atoms with E-state index in [-0.39, 0.29) is 11.5 Å². The standard InChI is InChI=1S/C21H18N2O3S/c1-3-11-23-19(24)18(12-15-9-7-14(2)8-10-15)27-21(23)22-17-6-4-5-16(13-17)20(25)26/h3-10,12-13H,1,11H2,2H3,(H,25,26)/b18-12-,22-21?. The van der Waals surface area contributed by atoms with E-state index < -0.39 is 5.97 Å². The van der Waals surface area contributed by atoms with Gasteiger partial charge in [0.25, 0.3) is 5.91 Å². The highest BCUT2D eigenvalue weighted by atomic mass is 32.2. The Morgan fingerprint density at radius 2 is 2.00 bits per heavy atom. The number of rotatable bonds is 5. The van der Waals surface area contributed by atoms with Crippen LogP contribution in [0.25, 0.3) is 6.08 Å². The molecule has 0 aliphatic carbocycles. The molecule has 1 saturated heterocycles. The fraction of sp³-hybridized carbons (Fsp3) is 0.0952. The monoisotopic (exact) mass is 378 g/mol. The van der Waals surface area contributed by atoms with Crippen LogP contribution in [0.5, 0.6) is 0 Å². The van der Waals surface area contributed by atoms with Crippen molar-refractivity contribution in [2.45, 2.75) is 6.92 Å². The van der Waals surface area contributed by atoms with E-state index in [0.29, 0.717) is 22.3 Å². The number of carbonyl (C=O) groups is 2. The number of thioether (sulfide) groups is 1. The highest BCUT2D eigenvalue weighted by molar-refractivity contribution is 8.18. The summed E-state index contributed by atoms with van der Waals surface area (Å²) in [7, 11) is 0. The normalized spacial score (nSPS) is 16.9. The van der Waals surface area contributed by atoms with Gasteiger partial charge in [-0.3, -0.25) is 9.69 Å². The predicted molar refractivity (Wildman–Crippen MR) is 109 cm³/mol. The van der Waals surface area contributed by atoms with Gasteiger partial charge in [0.1, 0.15) is 0 Å². The average molecular weight is 378 g/mol. The third-order valence-electron chi connectivity index (χ3n) is 3.89. The maximum Gasteiger partial charge on any atom is 0.335 e. The molecule has 136 valence electrons. The molecule has 5 nitrogen and oxygen atoms in total. The molecule has 0 atom stereocenters. The third-order valence-corrected chi connectivity index (χ3v) is 4.90. The van der Waals surface area contributed by atoms with Crippen LogP contribution in [-0.2, 0) is 4.79 Å². The van der Waals surface area contributed by atoms with Gasteiger partial charge in [-0.05, 0) is 48.5 Å². The van der Waals surface area contributed by atoms with Crippen LogP contribution in [0.4, 0.5) is 5.69 Å². The van der Waals surface area contributed by atoms with Gasteiger partial charge in [0.2, 0.25) is 0 Å². The predicted octanol–water partition coefficient (Wildman–Crippen LogP) is 4.48. The van der Waals surface area contributed by atoms with Crippen LogP contribution >= 0.6 is 11.8 Å². The molecule has 1 amide bonds. The highest BCUT2D eigenvalue weighted by Gasteiger charge is 2.32. The summed E-state index contributed by atoms with van der Waals surface area (Å²) in [6.45, 7) is 6.04. The average Bonchev–Trinajstić information content (AvgIpc) is 2.93. The van der Waals surface area contributed by atoms with Crippen LogP contribution in [0.3, 0.4) is 0 Å². The Morgan fingerprint density at radius 1 is 1.26 bits per heavy atom. The largest absolute Gasteiger partial charge is 0.478 e. The zero-order valence-electron chi connectivity index (χ0n) is 14.8. The van der Waals surface area contributed by atoms with Crippen LogP contribution < -0.4 is 0 Å². The smallest absolute Gasteiger partial charge is 0.335 e. The van der Waals surface area contributed by atoms with E-state index in [2.05, 4.69) is 11.6 Å². The van der Waals surface area contributed by atoms with Crippen LogP contribution in [0.2, 0.25) is 0 Å². The van der Waals surface area contributed by atoms with Gasteiger partial charge >= 0.3 is 5.97 Å². The minimum atomic E-state index is -1.02. The molecule has 1 aliphatic heterocycles. The summed E-state index contributed by atoms with van der Waals surface area (Å²) in [6.07, 6.45) is 3.47. The summed E-state index contributed by atoms with van der Waals surface area (Å²) < 4.78 is 0. The number of amidine groups is 1. The van der Waals surface area contributed by atoms with Crippen molar-refractivity contribution < 1.29 is 14.7 Å². The van der Waals surface area contributed by atoms with Gasteiger partial charge in [0.15, 0.2) is 5.17 Å². The summed E-state index contributed by atoms with van der Waals surface area (Å²) in [5, 5.41) is 9.63. The maximum atomic E-state index is 12.8. The summed E-state index contributed by atoms with van der Waals surface area (Å²) in [4.78, 5) is 30.5. The number of carbonyl (C=O) groups excluding carboxylic acids is 1. The molecule has 1 aliphatic rings. The van der Waals surface area contributed by atoms with Gasteiger partial charge in [0, 0.05) is 6.54 Å². The van der Waals surface area contributed by atoms with Gasteiger partial charge in [-0.15, -0.1) is 6.58 Å². The summed E-state index contributed by atoms with van der Waals surface area (Å²) >= 11 is 1.27. The second-order valence-electron chi connectivity index (χ2n) is 5.98. The van der Waals surface area contributed by atoms with E-state index in [1.807, 2.05) is 37.3 Å². The summed E-state index contributed by atoms with van der Waals surface area (Å²) in [5.41, 5.74) is 2.72. The fourth-order valence-corrected chi connectivity index (χ4v) is 3.52. The Bertz CT molecular complexity index is 962. The van der Waals surface area contributed by atoms with Gasteiger partial charge in [-0.25, -0.2) is 9.79 Å². The SMILES string of the molecule is C=CCN1C(=O)/C(=C/c2ccc(C)cc2)SC1=Nc1cccc(C(=O)O)c1. The molecule has 0 aromatic heterocycles. The van der Waals surface area contributed by atoms with Gasteiger partial charge in [-0.2, -0.15) is 0 Å². The first kappa shape index (κ1) is 18.7. The molecule has 6 heteroatoms. The Balaban J connectivity index is 1.95. The lowest BCUT2D eigenvalue weighted by molar-refractivity contribution is -0.121. The van der Waals surface area contributed by atoms with Crippen LogP contribution in [-0.4, -0.2) is 33.6 Å². The molecule has 3 rings (SSSR count). The maximum absolute atomic E-state index is 12.8. The number of amides is 1. The number of benzene rings is 2. The molecule has 0 radical (unpaired) electrons. The van der Waals surface area contributed by atoms with Crippen molar-refractivity contribution in [3.63, 3.8) is 0 Å². The molecular weight excluding hydrogens is 360 g/mol. The van der Waals surface area contributed by atoms with Gasteiger partial charge in [0.05, 0.1) is 16.2 Å². The van der Waals surface area contributed by atoms with Crippen molar-refractivity contribution in [2.24, 2.45) is 4.99 Å². The molecule has 2 aromatic carbocycles. The van der Waals surface area contributed by atoms with Crippen LogP contribution in [0, 0.1) is 6.92 Å². The quantitative estimate of drug-likeness (QED) is 0.615. The molecule has 0 unspecified atom stereocenters. The number of hydrogen-bond acceptors (Lipinski definition) is 4. The Hall–Kier alpha value is -3.12. The molecule has 1 fully saturated rings. The molecule has 27 heavy (non-hydrogen) atoms. The van der Waals surface area contributed by atoms with Crippen molar-refractivity contribution in [1.82, 2.24) is 4.90 Å². The summed E-state index contributed by atoms with van der Waals surface area (Å²) in [5.74, 6) is -1.16. The van der Waals surface area contributed by atoms with E-state index >= 15 is 0 Å². The topological polar surface area (TPSA) is 70.0 Å². The van der Waals surface area contributed by atoms with E-state index in [4.69, 9.17) is 5.11 Å². The van der Waals surface area contributed by atoms with E-state index in [0.717, 1.165) is 11.1 Å². The number of carboxylic acid groups (broad SMARTS) is 1. The fourth-order valence-electron chi connectivity index (χ4n) is 2.51. The lowest BCUT2D eigenvalue weighted by atomic mass is 10.1. The molecule has 1 heterocycles. The van der Waals surface area contributed by atoms with Crippen LogP contribution in [0.15, 0.2) is 71.1 Å². The van der Waals surface area contributed by atoms with Crippen molar-refractivity contribution in [3.05, 3.63) is 82.8 Å². The lowest BCUT2D eigenvalue weighted by Crippen LogP contribution is -2.29. The van der Waals surface area contributed by atoms with Gasteiger partial charge in [-0.1, -0.05) is 42.0 Å². The number of nitrogens with zero attached hydrogens (tertiary/aromatic N) is 2. The van der Waals surface area contributed by atoms with Crippen molar-refractivity contribution in [2.75, 3.05) is 6.54 Å². The molecular formula is C21H18N2O3S. The molecule has 0 saturated carbocycles.